The summed E-state index contributed by atoms with van der Waals surface area (Å²) in [5.41, 5.74) is 0. The van der Waals surface area contributed by atoms with Gasteiger partial charge in [-0.1, -0.05) is 24.6 Å². The smallest absolute Gasteiger partial charge is 0.408 e. The Kier molecular flexibility index (Phi) is 5.12. The van der Waals surface area contributed by atoms with E-state index in [1.54, 1.807) is 6.07 Å². The van der Waals surface area contributed by atoms with Gasteiger partial charge in [-0.05, 0) is 37.8 Å². The number of sulfone groups is 1. The SMILES string of the molecule is O=C(OC1CCCCC1)C([N+](=O)[O-])S(=O)(=O)c1ccccc1. The van der Waals surface area contributed by atoms with E-state index < -0.39 is 32.2 Å². The summed E-state index contributed by atoms with van der Waals surface area (Å²) in [7, 11) is -4.42. The Labute approximate surface area is 128 Å². The molecule has 0 bridgehead atoms. The maximum Gasteiger partial charge on any atom is 0.408 e. The lowest BCUT2D eigenvalue weighted by Crippen LogP contribution is -2.40. The number of carbonyl (C=O) groups is 1. The topological polar surface area (TPSA) is 104 Å². The Morgan fingerprint density at radius 2 is 1.77 bits per heavy atom. The van der Waals surface area contributed by atoms with Crippen LogP contribution in [-0.2, 0) is 19.4 Å². The lowest BCUT2D eigenvalue weighted by Gasteiger charge is -2.22. The van der Waals surface area contributed by atoms with Crippen LogP contribution in [0.1, 0.15) is 32.1 Å². The van der Waals surface area contributed by atoms with E-state index in [1.807, 2.05) is 0 Å². The lowest BCUT2D eigenvalue weighted by atomic mass is 9.98. The molecule has 1 aromatic carbocycles. The monoisotopic (exact) mass is 327 g/mol. The summed E-state index contributed by atoms with van der Waals surface area (Å²) in [4.78, 5) is 21.8. The molecule has 0 spiro atoms. The van der Waals surface area contributed by atoms with Gasteiger partial charge in [-0.2, -0.15) is 0 Å². The van der Waals surface area contributed by atoms with Crippen LogP contribution in [0.4, 0.5) is 0 Å². The van der Waals surface area contributed by atoms with Gasteiger partial charge in [0.1, 0.15) is 6.10 Å². The predicted octanol–water partition coefficient (Wildman–Crippen LogP) is 1.94. The van der Waals surface area contributed by atoms with Crippen molar-refractivity contribution in [3.8, 4) is 0 Å². The molecule has 1 saturated carbocycles. The van der Waals surface area contributed by atoms with Gasteiger partial charge >= 0.3 is 11.3 Å². The summed E-state index contributed by atoms with van der Waals surface area (Å²) in [5, 5.41) is 8.71. The van der Waals surface area contributed by atoms with Gasteiger partial charge in [0.2, 0.25) is 0 Å². The zero-order valence-electron chi connectivity index (χ0n) is 11.9. The fourth-order valence-corrected chi connectivity index (χ4v) is 3.80. The third kappa shape index (κ3) is 3.62. The van der Waals surface area contributed by atoms with Crippen molar-refractivity contribution < 1.29 is 22.9 Å². The minimum atomic E-state index is -4.42. The molecule has 1 fully saturated rings. The van der Waals surface area contributed by atoms with E-state index in [4.69, 9.17) is 4.74 Å². The Hall–Kier alpha value is -1.96. The zero-order valence-corrected chi connectivity index (χ0v) is 12.7. The molecule has 22 heavy (non-hydrogen) atoms. The summed E-state index contributed by atoms with van der Waals surface area (Å²) in [6, 6.07) is 6.91. The molecule has 0 radical (unpaired) electrons. The van der Waals surface area contributed by atoms with Gasteiger partial charge in [0.25, 0.3) is 9.84 Å². The van der Waals surface area contributed by atoms with Crippen LogP contribution < -0.4 is 0 Å². The van der Waals surface area contributed by atoms with Crippen LogP contribution in [0.5, 0.6) is 0 Å². The molecule has 2 rings (SSSR count). The summed E-state index contributed by atoms with van der Waals surface area (Å²) >= 11 is 0. The van der Waals surface area contributed by atoms with Crippen LogP contribution in [0.25, 0.3) is 0 Å². The summed E-state index contributed by atoms with van der Waals surface area (Å²) < 4.78 is 29.7. The highest BCUT2D eigenvalue weighted by Gasteiger charge is 2.46. The van der Waals surface area contributed by atoms with E-state index in [0.29, 0.717) is 12.8 Å². The molecule has 0 N–H and O–H groups in total. The second-order valence-corrected chi connectivity index (χ2v) is 7.20. The molecule has 0 heterocycles. The number of carbonyl (C=O) groups excluding carboxylic acids is 1. The average Bonchev–Trinajstić information content (AvgIpc) is 2.48. The maximum absolute atomic E-state index is 12.3. The molecule has 7 nitrogen and oxygen atoms in total. The number of ether oxygens (including phenoxy) is 1. The molecule has 120 valence electrons. The molecule has 0 amide bonds. The molecule has 1 unspecified atom stereocenters. The normalized spacial score (nSPS) is 17.6. The third-order valence-electron chi connectivity index (χ3n) is 3.59. The van der Waals surface area contributed by atoms with Crippen molar-refractivity contribution in [2.45, 2.75) is 48.5 Å². The Morgan fingerprint density at radius 1 is 1.18 bits per heavy atom. The van der Waals surface area contributed by atoms with E-state index in [2.05, 4.69) is 0 Å². The number of benzene rings is 1. The van der Waals surface area contributed by atoms with Crippen LogP contribution in [0, 0.1) is 10.1 Å². The second kappa shape index (κ2) is 6.87. The van der Waals surface area contributed by atoms with Gasteiger partial charge in [-0.25, -0.2) is 13.2 Å². The fraction of sp³-hybridized carbons (Fsp3) is 0.500. The van der Waals surface area contributed by atoms with Crippen LogP contribution >= 0.6 is 0 Å². The van der Waals surface area contributed by atoms with Gasteiger partial charge < -0.3 is 4.74 Å². The van der Waals surface area contributed by atoms with Crippen molar-refractivity contribution in [2.75, 3.05) is 0 Å². The molecule has 1 aromatic rings. The number of esters is 1. The zero-order chi connectivity index (χ0) is 16.2. The first-order valence-electron chi connectivity index (χ1n) is 7.06. The van der Waals surface area contributed by atoms with E-state index in [9.17, 15) is 23.3 Å². The van der Waals surface area contributed by atoms with Crippen LogP contribution in [0.15, 0.2) is 35.2 Å². The number of nitro groups is 1. The van der Waals surface area contributed by atoms with Gasteiger partial charge in [-0.15, -0.1) is 0 Å². The first kappa shape index (κ1) is 16.4. The van der Waals surface area contributed by atoms with Crippen LogP contribution in [0.3, 0.4) is 0 Å². The van der Waals surface area contributed by atoms with Crippen molar-refractivity contribution in [1.82, 2.24) is 0 Å². The van der Waals surface area contributed by atoms with Crippen LogP contribution in [0.2, 0.25) is 0 Å². The quantitative estimate of drug-likeness (QED) is 0.465. The lowest BCUT2D eigenvalue weighted by molar-refractivity contribution is -0.487. The second-order valence-electron chi connectivity index (χ2n) is 5.19. The molecule has 1 aliphatic carbocycles. The number of hydrogen-bond acceptors (Lipinski definition) is 6. The number of rotatable bonds is 5. The van der Waals surface area contributed by atoms with Crippen LogP contribution in [-0.4, -0.2) is 30.8 Å². The number of nitrogens with zero attached hydrogens (tertiary/aromatic N) is 1. The Bertz CT molecular complexity index is 637. The highest BCUT2D eigenvalue weighted by molar-refractivity contribution is 7.92. The summed E-state index contributed by atoms with van der Waals surface area (Å²) in [6.07, 6.45) is 3.55. The van der Waals surface area contributed by atoms with E-state index in [0.717, 1.165) is 19.3 Å². The van der Waals surface area contributed by atoms with Crippen molar-refractivity contribution in [3.05, 3.63) is 40.4 Å². The molecule has 0 saturated heterocycles. The van der Waals surface area contributed by atoms with Gasteiger partial charge in [-0.3, -0.25) is 10.1 Å². The van der Waals surface area contributed by atoms with E-state index in [-0.39, 0.29) is 4.90 Å². The molecule has 0 aromatic heterocycles. The van der Waals surface area contributed by atoms with Crippen molar-refractivity contribution in [1.29, 1.82) is 0 Å². The summed E-state index contributed by atoms with van der Waals surface area (Å²) in [5.74, 6) is -1.30. The minimum absolute atomic E-state index is 0.266. The molecule has 8 heteroatoms. The van der Waals surface area contributed by atoms with Crippen molar-refractivity contribution >= 4 is 15.8 Å². The Balaban J connectivity index is 2.22. The third-order valence-corrected chi connectivity index (χ3v) is 5.48. The highest BCUT2D eigenvalue weighted by Crippen LogP contribution is 2.23. The molecule has 1 aliphatic rings. The molecule has 0 aliphatic heterocycles. The van der Waals surface area contributed by atoms with Crippen molar-refractivity contribution in [3.63, 3.8) is 0 Å². The molecular weight excluding hydrogens is 310 g/mol. The molecular formula is C14H17NO6S. The summed E-state index contributed by atoms with van der Waals surface area (Å²) in [6.45, 7) is 0. The first-order chi connectivity index (χ1) is 10.4. The Morgan fingerprint density at radius 3 is 2.32 bits per heavy atom. The molecule has 1 atom stereocenters. The van der Waals surface area contributed by atoms with E-state index in [1.165, 1.54) is 24.3 Å². The van der Waals surface area contributed by atoms with Crippen molar-refractivity contribution in [2.24, 2.45) is 0 Å². The average molecular weight is 327 g/mol. The predicted molar refractivity (Wildman–Crippen MR) is 77.4 cm³/mol. The highest BCUT2D eigenvalue weighted by atomic mass is 32.2. The number of hydrogen-bond donors (Lipinski definition) is 0. The standard InChI is InChI=1S/C14H17NO6S/c16-14(21-11-7-3-1-4-8-11)13(15(17)18)22(19,20)12-9-5-2-6-10-12/h2,5-6,9-11,13H,1,3-4,7-8H2. The van der Waals surface area contributed by atoms with E-state index >= 15 is 0 Å². The van der Waals surface area contributed by atoms with Gasteiger partial charge in [0.15, 0.2) is 0 Å². The largest absolute Gasteiger partial charge is 0.456 e. The first-order valence-corrected chi connectivity index (χ1v) is 8.60. The van der Waals surface area contributed by atoms with Gasteiger partial charge in [0, 0.05) is 0 Å². The fourth-order valence-electron chi connectivity index (χ4n) is 2.47. The maximum atomic E-state index is 12.3. The van der Waals surface area contributed by atoms with Gasteiger partial charge in [0.05, 0.1) is 9.82 Å². The minimum Gasteiger partial charge on any atom is -0.456 e.